The standard InChI is InChI=1S/C19H20F3NO3/c1-13(2)26-17-9-7-16(8-10-17)23-18(24)15-5-3-14(4-6-15)11-25-12-19(20,21)22/h3-10,13H,11-12H2,1-2H3,(H,23,24). The molecule has 0 radical (unpaired) electrons. The summed E-state index contributed by atoms with van der Waals surface area (Å²) in [5.74, 6) is 0.395. The number of rotatable bonds is 7. The lowest BCUT2D eigenvalue weighted by Gasteiger charge is -2.11. The van der Waals surface area contributed by atoms with E-state index in [2.05, 4.69) is 10.1 Å². The summed E-state index contributed by atoms with van der Waals surface area (Å²) >= 11 is 0. The molecule has 0 saturated heterocycles. The number of ether oxygens (including phenoxy) is 2. The maximum Gasteiger partial charge on any atom is 0.411 e. The molecule has 0 spiro atoms. The third kappa shape index (κ3) is 6.76. The summed E-state index contributed by atoms with van der Waals surface area (Å²) < 4.78 is 46.2. The maximum absolute atomic E-state index is 12.2. The molecule has 0 aliphatic heterocycles. The average molecular weight is 367 g/mol. The summed E-state index contributed by atoms with van der Waals surface area (Å²) in [5.41, 5.74) is 1.57. The number of carbonyl (C=O) groups is 1. The van der Waals surface area contributed by atoms with E-state index in [0.717, 1.165) is 0 Å². The van der Waals surface area contributed by atoms with Crippen molar-refractivity contribution in [2.24, 2.45) is 0 Å². The zero-order chi connectivity index (χ0) is 19.2. The molecule has 0 aliphatic rings. The summed E-state index contributed by atoms with van der Waals surface area (Å²) in [6.07, 6.45) is -4.29. The Balaban J connectivity index is 1.89. The molecule has 7 heteroatoms. The van der Waals surface area contributed by atoms with Crippen molar-refractivity contribution in [3.63, 3.8) is 0 Å². The van der Waals surface area contributed by atoms with Gasteiger partial charge in [0.05, 0.1) is 12.7 Å². The highest BCUT2D eigenvalue weighted by Gasteiger charge is 2.27. The van der Waals surface area contributed by atoms with Crippen LogP contribution in [0.1, 0.15) is 29.8 Å². The monoisotopic (exact) mass is 367 g/mol. The average Bonchev–Trinajstić information content (AvgIpc) is 2.55. The number of halogens is 3. The fourth-order valence-corrected chi connectivity index (χ4v) is 2.13. The first-order valence-corrected chi connectivity index (χ1v) is 8.04. The predicted octanol–water partition coefficient (Wildman–Crippen LogP) is 4.81. The van der Waals surface area contributed by atoms with Gasteiger partial charge in [-0.25, -0.2) is 0 Å². The second-order valence-corrected chi connectivity index (χ2v) is 5.95. The van der Waals surface area contributed by atoms with Gasteiger partial charge in [0.2, 0.25) is 0 Å². The number of anilines is 1. The fraction of sp³-hybridized carbons (Fsp3) is 0.316. The van der Waals surface area contributed by atoms with E-state index in [1.807, 2.05) is 13.8 Å². The summed E-state index contributed by atoms with van der Waals surface area (Å²) in [4.78, 5) is 12.2. The van der Waals surface area contributed by atoms with Crippen LogP contribution in [0.4, 0.5) is 18.9 Å². The molecule has 2 aromatic rings. The summed E-state index contributed by atoms with van der Waals surface area (Å²) in [6.45, 7) is 2.38. The van der Waals surface area contributed by atoms with Crippen molar-refractivity contribution in [3.05, 3.63) is 59.7 Å². The number of hydrogen-bond acceptors (Lipinski definition) is 3. The Kier molecular flexibility index (Phi) is 6.63. The van der Waals surface area contributed by atoms with Gasteiger partial charge in [0.15, 0.2) is 0 Å². The molecular formula is C19H20F3NO3. The van der Waals surface area contributed by atoms with Crippen LogP contribution in [0.15, 0.2) is 48.5 Å². The molecule has 0 aromatic heterocycles. The Morgan fingerprint density at radius 1 is 1.04 bits per heavy atom. The Morgan fingerprint density at radius 3 is 2.19 bits per heavy atom. The molecule has 2 aromatic carbocycles. The smallest absolute Gasteiger partial charge is 0.411 e. The number of carbonyl (C=O) groups excluding carboxylic acids is 1. The van der Waals surface area contributed by atoms with E-state index in [4.69, 9.17) is 4.74 Å². The van der Waals surface area contributed by atoms with Crippen molar-refractivity contribution < 1.29 is 27.4 Å². The maximum atomic E-state index is 12.2. The minimum Gasteiger partial charge on any atom is -0.491 e. The normalized spacial score (nSPS) is 11.5. The molecule has 2 rings (SSSR count). The lowest BCUT2D eigenvalue weighted by atomic mass is 10.1. The molecule has 1 N–H and O–H groups in total. The number of nitrogens with one attached hydrogen (secondary N) is 1. The zero-order valence-electron chi connectivity index (χ0n) is 14.5. The fourth-order valence-electron chi connectivity index (χ4n) is 2.13. The molecule has 0 bridgehead atoms. The van der Waals surface area contributed by atoms with Gasteiger partial charge >= 0.3 is 6.18 Å². The molecule has 0 unspecified atom stereocenters. The Bertz CT molecular complexity index is 710. The molecular weight excluding hydrogens is 347 g/mol. The highest BCUT2D eigenvalue weighted by molar-refractivity contribution is 6.04. The van der Waals surface area contributed by atoms with Gasteiger partial charge in [-0.3, -0.25) is 4.79 Å². The van der Waals surface area contributed by atoms with E-state index in [9.17, 15) is 18.0 Å². The van der Waals surface area contributed by atoms with E-state index in [1.54, 1.807) is 36.4 Å². The summed E-state index contributed by atoms with van der Waals surface area (Å²) in [6, 6.07) is 13.2. The van der Waals surface area contributed by atoms with E-state index >= 15 is 0 Å². The third-order valence-electron chi connectivity index (χ3n) is 3.23. The van der Waals surface area contributed by atoms with Crippen LogP contribution in [0.2, 0.25) is 0 Å². The number of benzene rings is 2. The van der Waals surface area contributed by atoms with Gasteiger partial charge in [0.25, 0.3) is 5.91 Å². The van der Waals surface area contributed by atoms with Crippen LogP contribution >= 0.6 is 0 Å². The first-order chi connectivity index (χ1) is 12.2. The molecule has 0 heterocycles. The highest BCUT2D eigenvalue weighted by atomic mass is 19.4. The molecule has 4 nitrogen and oxygen atoms in total. The summed E-state index contributed by atoms with van der Waals surface area (Å²) in [5, 5.41) is 2.75. The molecule has 26 heavy (non-hydrogen) atoms. The van der Waals surface area contributed by atoms with Crippen LogP contribution in [0.5, 0.6) is 5.75 Å². The van der Waals surface area contributed by atoms with Crippen LogP contribution in [-0.2, 0) is 11.3 Å². The Labute approximate surface area is 149 Å². The number of amides is 1. The Hall–Kier alpha value is -2.54. The second kappa shape index (κ2) is 8.71. The van der Waals surface area contributed by atoms with Gasteiger partial charge in [0.1, 0.15) is 12.4 Å². The van der Waals surface area contributed by atoms with Crippen LogP contribution in [0, 0.1) is 0 Å². The third-order valence-corrected chi connectivity index (χ3v) is 3.23. The minimum atomic E-state index is -4.35. The quantitative estimate of drug-likeness (QED) is 0.764. The van der Waals surface area contributed by atoms with Crippen molar-refractivity contribution in [1.82, 2.24) is 0 Å². The largest absolute Gasteiger partial charge is 0.491 e. The minimum absolute atomic E-state index is 0.0640. The van der Waals surface area contributed by atoms with E-state index in [0.29, 0.717) is 22.6 Å². The van der Waals surface area contributed by atoms with Crippen molar-refractivity contribution in [3.8, 4) is 5.75 Å². The molecule has 0 aliphatic carbocycles. The van der Waals surface area contributed by atoms with Gasteiger partial charge in [-0.15, -0.1) is 0 Å². The molecule has 0 fully saturated rings. The first kappa shape index (κ1) is 19.8. The Morgan fingerprint density at radius 2 is 1.65 bits per heavy atom. The van der Waals surface area contributed by atoms with Crippen LogP contribution in [0.3, 0.4) is 0 Å². The van der Waals surface area contributed by atoms with Gasteiger partial charge in [-0.1, -0.05) is 12.1 Å². The van der Waals surface area contributed by atoms with Crippen LogP contribution < -0.4 is 10.1 Å². The van der Waals surface area contributed by atoms with Crippen molar-refractivity contribution >= 4 is 11.6 Å². The van der Waals surface area contributed by atoms with Crippen LogP contribution in [0.25, 0.3) is 0 Å². The topological polar surface area (TPSA) is 47.6 Å². The second-order valence-electron chi connectivity index (χ2n) is 5.95. The van der Waals surface area contributed by atoms with Crippen molar-refractivity contribution in [2.45, 2.75) is 32.7 Å². The zero-order valence-corrected chi connectivity index (χ0v) is 14.5. The molecule has 0 saturated carbocycles. The van der Waals surface area contributed by atoms with Gasteiger partial charge in [-0.2, -0.15) is 13.2 Å². The predicted molar refractivity (Wildman–Crippen MR) is 92.3 cm³/mol. The van der Waals surface area contributed by atoms with Crippen LogP contribution in [-0.4, -0.2) is 24.8 Å². The van der Waals surface area contributed by atoms with E-state index in [1.165, 1.54) is 12.1 Å². The lowest BCUT2D eigenvalue weighted by molar-refractivity contribution is -0.176. The first-order valence-electron chi connectivity index (χ1n) is 8.04. The molecule has 140 valence electrons. The number of hydrogen-bond donors (Lipinski definition) is 1. The number of alkyl halides is 3. The SMILES string of the molecule is CC(C)Oc1ccc(NC(=O)c2ccc(COCC(F)(F)F)cc2)cc1. The van der Waals surface area contributed by atoms with Gasteiger partial charge in [0, 0.05) is 11.3 Å². The summed E-state index contributed by atoms with van der Waals surface area (Å²) in [7, 11) is 0. The van der Waals surface area contributed by atoms with Crippen molar-refractivity contribution in [2.75, 3.05) is 11.9 Å². The molecule has 1 amide bonds. The molecule has 0 atom stereocenters. The van der Waals surface area contributed by atoms with E-state index < -0.39 is 12.8 Å². The lowest BCUT2D eigenvalue weighted by Crippen LogP contribution is -2.16. The highest BCUT2D eigenvalue weighted by Crippen LogP contribution is 2.18. The van der Waals surface area contributed by atoms with E-state index in [-0.39, 0.29) is 18.6 Å². The van der Waals surface area contributed by atoms with Crippen molar-refractivity contribution in [1.29, 1.82) is 0 Å². The van der Waals surface area contributed by atoms with Gasteiger partial charge < -0.3 is 14.8 Å². The van der Waals surface area contributed by atoms with Gasteiger partial charge in [-0.05, 0) is 55.8 Å².